The summed E-state index contributed by atoms with van der Waals surface area (Å²) in [5, 5.41) is 6.91. The lowest BCUT2D eigenvalue weighted by Crippen LogP contribution is -2.52. The van der Waals surface area contributed by atoms with Crippen LogP contribution in [0.15, 0.2) is 22.7 Å². The zero-order valence-corrected chi connectivity index (χ0v) is 18.8. The zero-order valence-electron chi connectivity index (χ0n) is 18.8. The third kappa shape index (κ3) is 6.35. The summed E-state index contributed by atoms with van der Waals surface area (Å²) in [5.74, 6) is 1.24. The summed E-state index contributed by atoms with van der Waals surface area (Å²) < 4.78 is 5.19. The van der Waals surface area contributed by atoms with E-state index in [4.69, 9.17) is 4.52 Å². The first kappa shape index (κ1) is 22.9. The quantitative estimate of drug-likeness (QED) is 0.680. The van der Waals surface area contributed by atoms with E-state index < -0.39 is 0 Å². The van der Waals surface area contributed by atoms with E-state index in [9.17, 15) is 9.59 Å². The third-order valence-electron chi connectivity index (χ3n) is 5.47. The highest BCUT2D eigenvalue weighted by Gasteiger charge is 2.24. The summed E-state index contributed by atoms with van der Waals surface area (Å²) in [6.45, 7) is 9.60. The Bertz CT molecular complexity index is 884. The molecule has 0 radical (unpaired) electrons. The zero-order chi connectivity index (χ0) is 22.4. The van der Waals surface area contributed by atoms with Gasteiger partial charge >= 0.3 is 0 Å². The minimum atomic E-state index is -0.0251. The molecule has 0 spiro atoms. The van der Waals surface area contributed by atoms with Gasteiger partial charge in [0.25, 0.3) is 0 Å². The Kier molecular flexibility index (Phi) is 7.75. The van der Waals surface area contributed by atoms with Gasteiger partial charge in [0.05, 0.1) is 19.6 Å². The van der Waals surface area contributed by atoms with Crippen molar-refractivity contribution in [2.45, 2.75) is 33.7 Å². The van der Waals surface area contributed by atoms with Gasteiger partial charge in [-0.05, 0) is 32.0 Å². The fourth-order valence-electron chi connectivity index (χ4n) is 3.66. The molecule has 2 heterocycles. The number of rotatable bonds is 8. The van der Waals surface area contributed by atoms with E-state index in [1.165, 1.54) is 0 Å². The molecule has 0 saturated carbocycles. The van der Waals surface area contributed by atoms with Crippen LogP contribution in [0.1, 0.15) is 29.8 Å². The number of para-hydroxylation sites is 1. The first-order valence-electron chi connectivity index (χ1n) is 10.7. The number of amides is 2. The molecule has 2 aromatic rings. The van der Waals surface area contributed by atoms with Crippen molar-refractivity contribution in [3.63, 3.8) is 0 Å². The molecule has 1 fully saturated rings. The first-order chi connectivity index (χ1) is 14.9. The SMILES string of the molecule is CCc1noc(CN(C)CC(=O)N2CCN(CC(=O)Nc3c(C)cccc3C)CC2)n1. The number of benzene rings is 1. The molecule has 9 heteroatoms. The summed E-state index contributed by atoms with van der Waals surface area (Å²) in [7, 11) is 1.86. The van der Waals surface area contributed by atoms with Crippen LogP contribution in [0.4, 0.5) is 5.69 Å². The van der Waals surface area contributed by atoms with E-state index in [0.717, 1.165) is 23.2 Å². The van der Waals surface area contributed by atoms with E-state index in [1.807, 2.05) is 55.8 Å². The lowest BCUT2D eigenvalue weighted by Gasteiger charge is -2.35. The Hall–Kier alpha value is -2.78. The molecule has 1 aromatic heterocycles. The minimum absolute atomic E-state index is 0.0251. The second-order valence-corrected chi connectivity index (χ2v) is 8.10. The Morgan fingerprint density at radius 2 is 1.84 bits per heavy atom. The average molecular weight is 429 g/mol. The van der Waals surface area contributed by atoms with Crippen molar-refractivity contribution < 1.29 is 14.1 Å². The summed E-state index contributed by atoms with van der Waals surface area (Å²) >= 11 is 0. The van der Waals surface area contributed by atoms with Crippen molar-refractivity contribution in [3.05, 3.63) is 41.0 Å². The predicted octanol–water partition coefficient (Wildman–Crippen LogP) is 1.46. The molecule has 2 amide bonds. The van der Waals surface area contributed by atoms with Crippen LogP contribution in [-0.2, 0) is 22.6 Å². The van der Waals surface area contributed by atoms with Crippen LogP contribution in [0.5, 0.6) is 0 Å². The van der Waals surface area contributed by atoms with Crippen LogP contribution in [0.25, 0.3) is 0 Å². The van der Waals surface area contributed by atoms with Gasteiger partial charge in [-0.3, -0.25) is 19.4 Å². The normalized spacial score (nSPS) is 14.8. The number of likely N-dealkylation sites (N-methyl/N-ethyl adjacent to an activating group) is 1. The Morgan fingerprint density at radius 1 is 1.16 bits per heavy atom. The van der Waals surface area contributed by atoms with Gasteiger partial charge in [-0.15, -0.1) is 0 Å². The van der Waals surface area contributed by atoms with Gasteiger partial charge in [-0.2, -0.15) is 4.98 Å². The summed E-state index contributed by atoms with van der Waals surface area (Å²) in [6.07, 6.45) is 0.721. The van der Waals surface area contributed by atoms with Gasteiger partial charge in [0.1, 0.15) is 0 Å². The van der Waals surface area contributed by atoms with Gasteiger partial charge in [-0.1, -0.05) is 30.3 Å². The van der Waals surface area contributed by atoms with Gasteiger partial charge in [0.15, 0.2) is 5.82 Å². The largest absolute Gasteiger partial charge is 0.339 e. The van der Waals surface area contributed by atoms with Gasteiger partial charge in [0, 0.05) is 38.3 Å². The van der Waals surface area contributed by atoms with Crippen molar-refractivity contribution in [1.29, 1.82) is 0 Å². The second-order valence-electron chi connectivity index (χ2n) is 8.10. The van der Waals surface area contributed by atoms with Crippen LogP contribution in [0, 0.1) is 13.8 Å². The van der Waals surface area contributed by atoms with Crippen LogP contribution in [0.3, 0.4) is 0 Å². The molecule has 9 nitrogen and oxygen atoms in total. The topological polar surface area (TPSA) is 94.8 Å². The number of piperazine rings is 1. The number of aryl methyl sites for hydroxylation is 3. The third-order valence-corrected chi connectivity index (χ3v) is 5.47. The average Bonchev–Trinajstić information content (AvgIpc) is 3.18. The second kappa shape index (κ2) is 10.5. The lowest BCUT2D eigenvalue weighted by atomic mass is 10.1. The molecule has 1 saturated heterocycles. The molecule has 1 aromatic carbocycles. The van der Waals surface area contributed by atoms with Crippen molar-refractivity contribution in [3.8, 4) is 0 Å². The number of hydrogen-bond donors (Lipinski definition) is 1. The van der Waals surface area contributed by atoms with Crippen molar-refractivity contribution >= 4 is 17.5 Å². The molecule has 0 unspecified atom stereocenters. The van der Waals surface area contributed by atoms with Crippen molar-refractivity contribution in [2.24, 2.45) is 0 Å². The number of hydrogen-bond acceptors (Lipinski definition) is 7. The Balaban J connectivity index is 1.41. The highest BCUT2D eigenvalue weighted by molar-refractivity contribution is 5.93. The smallest absolute Gasteiger partial charge is 0.240 e. The predicted molar refractivity (Wildman–Crippen MR) is 118 cm³/mol. The van der Waals surface area contributed by atoms with Crippen LogP contribution < -0.4 is 5.32 Å². The van der Waals surface area contributed by atoms with Crippen molar-refractivity contribution in [1.82, 2.24) is 24.8 Å². The maximum atomic E-state index is 12.6. The molecule has 31 heavy (non-hydrogen) atoms. The van der Waals surface area contributed by atoms with E-state index in [-0.39, 0.29) is 18.4 Å². The molecule has 3 rings (SSSR count). The molecule has 0 bridgehead atoms. The van der Waals surface area contributed by atoms with Crippen molar-refractivity contribution in [2.75, 3.05) is 51.6 Å². The molecule has 1 N–H and O–H groups in total. The minimum Gasteiger partial charge on any atom is -0.339 e. The summed E-state index contributed by atoms with van der Waals surface area (Å²) in [5.41, 5.74) is 3.00. The highest BCUT2D eigenvalue weighted by atomic mass is 16.5. The standard InChI is InChI=1S/C22H32N6O3/c1-5-18-23-20(31-25-18)14-26(4)15-21(30)28-11-9-27(10-12-28)13-19(29)24-22-16(2)7-6-8-17(22)3/h6-8H,5,9-15H2,1-4H3,(H,24,29). The maximum Gasteiger partial charge on any atom is 0.240 e. The van der Waals surface area contributed by atoms with Gasteiger partial charge < -0.3 is 14.7 Å². The van der Waals surface area contributed by atoms with Gasteiger partial charge in [0.2, 0.25) is 17.7 Å². The summed E-state index contributed by atoms with van der Waals surface area (Å²) in [6, 6.07) is 5.97. The van der Waals surface area contributed by atoms with Crippen LogP contribution in [-0.4, -0.2) is 83.0 Å². The van der Waals surface area contributed by atoms with E-state index in [2.05, 4.69) is 20.4 Å². The monoisotopic (exact) mass is 428 g/mol. The molecule has 1 aliphatic heterocycles. The molecule has 1 aliphatic rings. The number of nitrogens with zero attached hydrogens (tertiary/aromatic N) is 5. The van der Waals surface area contributed by atoms with Gasteiger partial charge in [-0.25, -0.2) is 0 Å². The molecular formula is C22H32N6O3. The van der Waals surface area contributed by atoms with E-state index in [1.54, 1.807) is 0 Å². The molecular weight excluding hydrogens is 396 g/mol. The number of nitrogens with one attached hydrogen (secondary N) is 1. The Labute approximate surface area is 183 Å². The van der Waals surface area contributed by atoms with E-state index in [0.29, 0.717) is 51.0 Å². The number of carbonyl (C=O) groups is 2. The fourth-order valence-corrected chi connectivity index (χ4v) is 3.66. The number of anilines is 1. The first-order valence-corrected chi connectivity index (χ1v) is 10.7. The molecule has 0 atom stereocenters. The highest BCUT2D eigenvalue weighted by Crippen LogP contribution is 2.19. The molecule has 0 aliphatic carbocycles. The van der Waals surface area contributed by atoms with Crippen LogP contribution in [0.2, 0.25) is 0 Å². The van der Waals surface area contributed by atoms with Crippen LogP contribution >= 0.6 is 0 Å². The Morgan fingerprint density at radius 3 is 2.45 bits per heavy atom. The van der Waals surface area contributed by atoms with E-state index >= 15 is 0 Å². The fraction of sp³-hybridized carbons (Fsp3) is 0.545. The maximum absolute atomic E-state index is 12.6. The number of aromatic nitrogens is 2. The lowest BCUT2D eigenvalue weighted by molar-refractivity contribution is -0.134. The molecule has 168 valence electrons. The number of carbonyl (C=O) groups excluding carboxylic acids is 2. The summed E-state index contributed by atoms with van der Waals surface area (Å²) in [4.78, 5) is 35.2.